The third-order valence-electron chi connectivity index (χ3n) is 4.38. The first kappa shape index (κ1) is 29.6. The highest BCUT2D eigenvalue weighted by molar-refractivity contribution is 8.05. The maximum absolute atomic E-state index is 12.5. The van der Waals surface area contributed by atoms with Gasteiger partial charge in [0.25, 0.3) is 0 Å². The predicted octanol–water partition coefficient (Wildman–Crippen LogP) is 5.69. The average molecular weight is 548 g/mol. The molecule has 0 amide bonds. The van der Waals surface area contributed by atoms with Gasteiger partial charge in [0.05, 0.1) is 0 Å². The summed E-state index contributed by atoms with van der Waals surface area (Å²) in [7, 11) is -2.29. The van der Waals surface area contributed by atoms with Crippen molar-refractivity contribution in [2.45, 2.75) is 12.7 Å². The second-order valence-electron chi connectivity index (χ2n) is 7.54. The minimum atomic E-state index is -6.30. The quantitative estimate of drug-likeness (QED) is 0.0616. The van der Waals surface area contributed by atoms with Crippen molar-refractivity contribution in [1.29, 1.82) is 0 Å². The van der Waals surface area contributed by atoms with Gasteiger partial charge >= 0.3 is 12.9 Å². The van der Waals surface area contributed by atoms with Gasteiger partial charge < -0.3 is 17.7 Å². The van der Waals surface area contributed by atoms with Gasteiger partial charge in [-0.05, 0) is 35.6 Å². The van der Waals surface area contributed by atoms with Crippen molar-refractivity contribution in [3.05, 3.63) is 94.8 Å². The highest BCUT2D eigenvalue weighted by Gasteiger charge is 2.37. The molecule has 0 bridgehead atoms. The molecule has 13 heteroatoms. The summed E-state index contributed by atoms with van der Waals surface area (Å²) in [6.45, 7) is -4.95. The molecule has 1 unspecified atom stereocenters. The number of benzene rings is 3. The average Bonchev–Trinajstić information content (AvgIpc) is 2.81. The summed E-state index contributed by atoms with van der Waals surface area (Å²) in [5.74, 6) is -10.1. The Morgan fingerprint density at radius 1 is 0.838 bits per heavy atom. The molecule has 0 aromatic heterocycles. The topological polar surface area (TPSA) is 43.4 Å². The van der Waals surface area contributed by atoms with Crippen LogP contribution in [0.15, 0.2) is 54.6 Å². The fourth-order valence-corrected chi connectivity index (χ4v) is 4.01. The molecule has 0 spiro atoms. The lowest BCUT2D eigenvalue weighted by Crippen LogP contribution is -2.41. The molecule has 37 heavy (non-hydrogen) atoms. The van der Waals surface area contributed by atoms with Gasteiger partial charge in [0, 0.05) is 18.1 Å². The van der Waals surface area contributed by atoms with E-state index < -0.39 is 51.5 Å². The third kappa shape index (κ3) is 8.46. The fraction of sp³-hybridized carbons (Fsp3) is 0.125. The molecule has 3 aromatic carbocycles. The van der Waals surface area contributed by atoms with Crippen LogP contribution >= 0.6 is 0 Å². The van der Waals surface area contributed by atoms with Crippen LogP contribution in [-0.2, 0) is 24.7 Å². The monoisotopic (exact) mass is 548 g/mol. The molecular weight excluding hydrogens is 531 g/mol. The van der Waals surface area contributed by atoms with Crippen molar-refractivity contribution < 1.29 is 48.6 Å². The Bertz CT molecular complexity index is 1350. The molecule has 0 radical (unpaired) electrons. The van der Waals surface area contributed by atoms with Crippen molar-refractivity contribution >= 4 is 28.3 Å². The Hall–Kier alpha value is -3.66. The first-order valence-electron chi connectivity index (χ1n) is 10.2. The summed E-state index contributed by atoms with van der Waals surface area (Å²) in [5.41, 5.74) is -0.987. The highest BCUT2D eigenvalue weighted by atomic mass is 32.2. The van der Waals surface area contributed by atoms with Gasteiger partial charge in [-0.2, -0.15) is 0 Å². The summed E-state index contributed by atoms with van der Waals surface area (Å²) >= 11 is 0. The molecule has 3 nitrogen and oxygen atoms in total. The van der Waals surface area contributed by atoms with Crippen molar-refractivity contribution in [2.75, 3.05) is 6.26 Å². The number of esters is 1. The van der Waals surface area contributed by atoms with Crippen LogP contribution in [0.3, 0.4) is 0 Å². The Labute approximate surface area is 207 Å². The maximum atomic E-state index is 12.5. The molecule has 0 saturated carbocycles. The Balaban J connectivity index is 0.000000281. The zero-order valence-corrected chi connectivity index (χ0v) is 20.0. The predicted molar refractivity (Wildman–Crippen MR) is 124 cm³/mol. The minimum Gasteiger partial charge on any atom is -0.445 e. The molecule has 1 atom stereocenters. The van der Waals surface area contributed by atoms with E-state index >= 15 is 0 Å². The van der Waals surface area contributed by atoms with E-state index in [1.54, 1.807) is 30.5 Å². The number of carbonyl (C=O) groups is 1. The van der Waals surface area contributed by atoms with Gasteiger partial charge in [-0.15, -0.1) is 0 Å². The van der Waals surface area contributed by atoms with Gasteiger partial charge in [-0.25, -0.2) is 22.0 Å². The third-order valence-corrected chi connectivity index (χ3v) is 5.80. The molecule has 0 aliphatic rings. The van der Waals surface area contributed by atoms with E-state index in [2.05, 4.69) is 11.2 Å². The molecule has 0 aliphatic heterocycles. The number of halogens is 8. The van der Waals surface area contributed by atoms with Gasteiger partial charge in [0.1, 0.15) is 29.4 Å². The zero-order valence-electron chi connectivity index (χ0n) is 19.1. The van der Waals surface area contributed by atoms with E-state index in [1.165, 1.54) is 6.92 Å². The number of hydrogen-bond acceptors (Lipinski definition) is 3. The summed E-state index contributed by atoms with van der Waals surface area (Å²) in [6.07, 6.45) is 1.66. The second kappa shape index (κ2) is 12.1. The second-order valence-corrected chi connectivity index (χ2v) is 10.0. The molecule has 3 rings (SSSR count). The van der Waals surface area contributed by atoms with E-state index in [9.17, 15) is 43.9 Å². The molecule has 0 aliphatic carbocycles. The van der Waals surface area contributed by atoms with Crippen LogP contribution in [0.5, 0.6) is 5.75 Å². The summed E-state index contributed by atoms with van der Waals surface area (Å²) < 4.78 is 115. The van der Waals surface area contributed by atoms with Crippen molar-refractivity contribution in [2.24, 2.45) is 0 Å². The lowest BCUT2D eigenvalue weighted by molar-refractivity contribution is -0.131. The Morgan fingerprint density at radius 2 is 1.32 bits per heavy atom. The lowest BCUT2D eigenvalue weighted by atomic mass is 9.79. The molecular formula is C24H17BF8O3S. The molecule has 0 fully saturated rings. The van der Waals surface area contributed by atoms with Crippen LogP contribution in [0.25, 0.3) is 0 Å². The first-order valence-corrected chi connectivity index (χ1v) is 12.3. The van der Waals surface area contributed by atoms with Crippen LogP contribution in [-0.4, -0.2) is 19.2 Å². The zero-order chi connectivity index (χ0) is 28.0. The number of carbonyl (C=O) groups excluding carboxylic acids is 1. The lowest BCUT2D eigenvalue weighted by Gasteiger charge is -2.17. The van der Waals surface area contributed by atoms with Crippen LogP contribution < -0.4 is 10.2 Å². The van der Waals surface area contributed by atoms with E-state index in [0.717, 1.165) is 11.1 Å². The van der Waals surface area contributed by atoms with Crippen molar-refractivity contribution in [3.63, 3.8) is 0 Å². The van der Waals surface area contributed by atoms with E-state index in [1.807, 2.05) is 30.3 Å². The Kier molecular flexibility index (Phi) is 9.64. The van der Waals surface area contributed by atoms with Gasteiger partial charge in [0.2, 0.25) is 0 Å². The summed E-state index contributed by atoms with van der Waals surface area (Å²) in [6, 6.07) is 16.5. The van der Waals surface area contributed by atoms with E-state index in [-0.39, 0.29) is 5.97 Å². The normalized spacial score (nSPS) is 12.4. The van der Waals surface area contributed by atoms with Gasteiger partial charge in [-0.3, -0.25) is 4.79 Å². The minimum absolute atomic E-state index is 0.360. The van der Waals surface area contributed by atoms with Gasteiger partial charge in [-0.1, -0.05) is 34.5 Å². The van der Waals surface area contributed by atoms with E-state index in [0.29, 0.717) is 11.5 Å². The standard InChI is InChI=1S/C18H17O3S.C6BF8/c1-15(19)21-18-10-8-17(9-11-18)14-22(2,20)13-12-16-6-4-3-5-7-16;8-2-1(7(13,14)15)3(9)5(11)6(12)4(2)10/h3-11H,14H2,1-2H3;/q+1;-1. The van der Waals surface area contributed by atoms with Crippen molar-refractivity contribution in [3.8, 4) is 16.9 Å². The van der Waals surface area contributed by atoms with Crippen LogP contribution in [0.2, 0.25) is 0 Å². The van der Waals surface area contributed by atoms with Gasteiger partial charge in [0.15, 0.2) is 32.6 Å². The summed E-state index contributed by atoms with van der Waals surface area (Å²) in [5, 5.41) is 2.86. The fourth-order valence-electron chi connectivity index (χ4n) is 2.77. The highest BCUT2D eigenvalue weighted by Crippen LogP contribution is 2.21. The van der Waals surface area contributed by atoms with Crippen LogP contribution in [0.1, 0.15) is 18.1 Å². The molecule has 196 valence electrons. The first-order chi connectivity index (χ1) is 17.1. The Morgan fingerprint density at radius 3 is 1.78 bits per heavy atom. The van der Waals surface area contributed by atoms with Crippen molar-refractivity contribution in [1.82, 2.24) is 0 Å². The number of hydrogen-bond donors (Lipinski definition) is 0. The summed E-state index contributed by atoms with van der Waals surface area (Å²) in [4.78, 5) is 10.9. The molecule has 0 N–H and O–H groups in total. The number of rotatable bonds is 4. The largest absolute Gasteiger partial charge is 0.515 e. The van der Waals surface area contributed by atoms with Crippen LogP contribution in [0, 0.1) is 40.3 Å². The maximum Gasteiger partial charge on any atom is 0.515 e. The SMILES string of the molecule is CC(=O)Oc1ccc(C[S+](C)(=O)C#Cc2ccccc2)cc1.Fc1c(F)c(F)c([B-](F)(F)F)c(F)c1F. The number of ether oxygens (including phenoxy) is 1. The molecule has 0 heterocycles. The molecule has 0 saturated heterocycles. The molecule has 3 aromatic rings. The van der Waals surface area contributed by atoms with E-state index in [4.69, 9.17) is 4.74 Å². The van der Waals surface area contributed by atoms with Crippen LogP contribution in [0.4, 0.5) is 34.9 Å². The smallest absolute Gasteiger partial charge is 0.445 e.